The zero-order valence-corrected chi connectivity index (χ0v) is 9.18. The second-order valence-electron chi connectivity index (χ2n) is 3.68. The van der Waals surface area contributed by atoms with Crippen LogP contribution in [0.15, 0.2) is 30.3 Å². The maximum absolute atomic E-state index is 13.3. The number of ketones is 1. The van der Waals surface area contributed by atoms with Crippen LogP contribution in [0.4, 0.5) is 22.0 Å². The highest BCUT2D eigenvalue weighted by atomic mass is 19.2. The molecule has 0 saturated carbocycles. The lowest BCUT2D eigenvalue weighted by atomic mass is 10.0. The number of halogens is 5. The average Bonchev–Trinajstić information content (AvgIpc) is 2.35. The van der Waals surface area contributed by atoms with E-state index in [1.54, 1.807) is 0 Å². The molecule has 2 aromatic carbocycles. The second-order valence-corrected chi connectivity index (χ2v) is 3.68. The molecule has 98 valence electrons. The molecule has 2 rings (SSSR count). The van der Waals surface area contributed by atoms with Gasteiger partial charge in [-0.05, 0) is 24.3 Å². The monoisotopic (exact) mass is 272 g/mol. The quantitative estimate of drug-likeness (QED) is 0.463. The van der Waals surface area contributed by atoms with E-state index >= 15 is 0 Å². The van der Waals surface area contributed by atoms with Gasteiger partial charge in [0.1, 0.15) is 11.6 Å². The summed E-state index contributed by atoms with van der Waals surface area (Å²) in [5.74, 6) is -8.59. The van der Waals surface area contributed by atoms with Crippen molar-refractivity contribution in [2.24, 2.45) is 0 Å². The number of hydrogen-bond donors (Lipinski definition) is 0. The van der Waals surface area contributed by atoms with Crippen LogP contribution in [0.1, 0.15) is 15.9 Å². The van der Waals surface area contributed by atoms with E-state index in [9.17, 15) is 26.7 Å². The van der Waals surface area contributed by atoms with Crippen molar-refractivity contribution < 1.29 is 26.7 Å². The minimum Gasteiger partial charge on any atom is -0.288 e. The van der Waals surface area contributed by atoms with Crippen molar-refractivity contribution in [1.29, 1.82) is 0 Å². The van der Waals surface area contributed by atoms with Crippen LogP contribution in [0.5, 0.6) is 0 Å². The summed E-state index contributed by atoms with van der Waals surface area (Å²) in [4.78, 5) is 11.8. The lowest BCUT2D eigenvalue weighted by Gasteiger charge is -2.05. The van der Waals surface area contributed by atoms with Gasteiger partial charge in [0.15, 0.2) is 23.2 Å². The Morgan fingerprint density at radius 3 is 1.74 bits per heavy atom. The van der Waals surface area contributed by atoms with Crippen LogP contribution >= 0.6 is 0 Å². The number of hydrogen-bond acceptors (Lipinski definition) is 1. The molecule has 0 aromatic heterocycles. The van der Waals surface area contributed by atoms with E-state index in [2.05, 4.69) is 0 Å². The van der Waals surface area contributed by atoms with Crippen LogP contribution < -0.4 is 0 Å². The zero-order valence-electron chi connectivity index (χ0n) is 9.18. The Bertz CT molecular complexity index is 623. The van der Waals surface area contributed by atoms with Gasteiger partial charge in [-0.1, -0.05) is 6.07 Å². The van der Waals surface area contributed by atoms with Gasteiger partial charge in [0.25, 0.3) is 0 Å². The number of rotatable bonds is 2. The molecule has 0 spiro atoms. The third-order valence-corrected chi connectivity index (χ3v) is 2.44. The molecule has 0 bridgehead atoms. The van der Waals surface area contributed by atoms with Gasteiger partial charge in [0.2, 0.25) is 0 Å². The summed E-state index contributed by atoms with van der Waals surface area (Å²) in [6, 6.07) is 3.45. The second kappa shape index (κ2) is 4.79. The lowest BCUT2D eigenvalue weighted by molar-refractivity contribution is 0.103. The third kappa shape index (κ3) is 2.33. The Morgan fingerprint density at radius 2 is 1.26 bits per heavy atom. The summed E-state index contributed by atoms with van der Waals surface area (Å²) in [6.07, 6.45) is 0. The van der Waals surface area contributed by atoms with Crippen molar-refractivity contribution in [2.75, 3.05) is 0 Å². The fourth-order valence-corrected chi connectivity index (χ4v) is 1.55. The highest BCUT2D eigenvalue weighted by Crippen LogP contribution is 2.20. The Kier molecular flexibility index (Phi) is 3.33. The lowest BCUT2D eigenvalue weighted by Crippen LogP contribution is -2.09. The molecule has 0 fully saturated rings. The standard InChI is InChI=1S/C13H5F5O/c14-7-2-1-3-8(15)11(7)13(19)6-4-9(16)12(18)10(17)5-6/h1-5H. The van der Waals surface area contributed by atoms with Crippen molar-refractivity contribution in [2.45, 2.75) is 0 Å². The summed E-state index contributed by atoms with van der Waals surface area (Å²) < 4.78 is 65.3. The van der Waals surface area contributed by atoms with Gasteiger partial charge in [-0.15, -0.1) is 0 Å². The first-order valence-electron chi connectivity index (χ1n) is 5.05. The molecule has 6 heteroatoms. The summed E-state index contributed by atoms with van der Waals surface area (Å²) in [5, 5.41) is 0. The van der Waals surface area contributed by atoms with Gasteiger partial charge < -0.3 is 0 Å². The van der Waals surface area contributed by atoms with Crippen molar-refractivity contribution >= 4 is 5.78 Å². The highest BCUT2D eigenvalue weighted by Gasteiger charge is 2.21. The van der Waals surface area contributed by atoms with Gasteiger partial charge in [0.05, 0.1) is 5.56 Å². The van der Waals surface area contributed by atoms with Crippen molar-refractivity contribution in [3.63, 3.8) is 0 Å². The average molecular weight is 272 g/mol. The molecule has 0 unspecified atom stereocenters. The molecule has 0 saturated heterocycles. The molecule has 1 nitrogen and oxygen atoms in total. The molecule has 2 aromatic rings. The summed E-state index contributed by atoms with van der Waals surface area (Å²) in [5.41, 5.74) is -1.63. The number of benzene rings is 2. The fourth-order valence-electron chi connectivity index (χ4n) is 1.55. The molecule has 0 heterocycles. The van der Waals surface area contributed by atoms with E-state index in [0.29, 0.717) is 12.1 Å². The van der Waals surface area contributed by atoms with Crippen molar-refractivity contribution in [3.05, 3.63) is 70.5 Å². The van der Waals surface area contributed by atoms with Crippen LogP contribution in [0.2, 0.25) is 0 Å². The molecule has 0 aliphatic carbocycles. The number of carbonyl (C=O) groups excluding carboxylic acids is 1. The topological polar surface area (TPSA) is 17.1 Å². The van der Waals surface area contributed by atoms with Gasteiger partial charge in [-0.2, -0.15) is 0 Å². The van der Waals surface area contributed by atoms with Crippen LogP contribution in [0.3, 0.4) is 0 Å². The van der Waals surface area contributed by atoms with E-state index < -0.39 is 46.0 Å². The van der Waals surface area contributed by atoms with Crippen molar-refractivity contribution in [1.82, 2.24) is 0 Å². The van der Waals surface area contributed by atoms with Crippen LogP contribution in [-0.2, 0) is 0 Å². The first-order valence-corrected chi connectivity index (χ1v) is 5.05. The molecular weight excluding hydrogens is 267 g/mol. The largest absolute Gasteiger partial charge is 0.288 e. The Balaban J connectivity index is 2.57. The minimum absolute atomic E-state index is 0.382. The van der Waals surface area contributed by atoms with E-state index in [1.165, 1.54) is 0 Å². The Morgan fingerprint density at radius 1 is 0.789 bits per heavy atom. The molecule has 19 heavy (non-hydrogen) atoms. The number of carbonyl (C=O) groups is 1. The highest BCUT2D eigenvalue weighted by molar-refractivity contribution is 6.09. The summed E-state index contributed by atoms with van der Waals surface area (Å²) in [6.45, 7) is 0. The molecule has 0 aliphatic rings. The molecule has 0 amide bonds. The van der Waals surface area contributed by atoms with E-state index in [0.717, 1.165) is 18.2 Å². The van der Waals surface area contributed by atoms with E-state index in [1.807, 2.05) is 0 Å². The molecule has 0 atom stereocenters. The minimum atomic E-state index is -1.76. The van der Waals surface area contributed by atoms with Crippen molar-refractivity contribution in [3.8, 4) is 0 Å². The van der Waals surface area contributed by atoms with Crippen LogP contribution in [-0.4, -0.2) is 5.78 Å². The maximum Gasteiger partial charge on any atom is 0.199 e. The van der Waals surface area contributed by atoms with Gasteiger partial charge in [-0.3, -0.25) is 4.79 Å². The molecule has 0 aliphatic heterocycles. The predicted molar refractivity (Wildman–Crippen MR) is 56.1 cm³/mol. The molecular formula is C13H5F5O. The summed E-state index contributed by atoms with van der Waals surface area (Å²) in [7, 11) is 0. The van der Waals surface area contributed by atoms with E-state index in [-0.39, 0.29) is 0 Å². The van der Waals surface area contributed by atoms with Gasteiger partial charge in [0, 0.05) is 5.56 Å². The normalized spacial score (nSPS) is 10.6. The third-order valence-electron chi connectivity index (χ3n) is 2.44. The Labute approximate surface area is 104 Å². The summed E-state index contributed by atoms with van der Waals surface area (Å²) >= 11 is 0. The first kappa shape index (κ1) is 13.2. The van der Waals surface area contributed by atoms with Crippen LogP contribution in [0, 0.1) is 29.1 Å². The fraction of sp³-hybridized carbons (Fsp3) is 0. The Hall–Kier alpha value is -2.24. The predicted octanol–water partition coefficient (Wildman–Crippen LogP) is 3.61. The maximum atomic E-state index is 13.3. The smallest absolute Gasteiger partial charge is 0.199 e. The SMILES string of the molecule is O=C(c1cc(F)c(F)c(F)c1)c1c(F)cccc1F. The zero-order chi connectivity index (χ0) is 14.2. The van der Waals surface area contributed by atoms with Gasteiger partial charge >= 0.3 is 0 Å². The van der Waals surface area contributed by atoms with Crippen LogP contribution in [0.25, 0.3) is 0 Å². The van der Waals surface area contributed by atoms with E-state index in [4.69, 9.17) is 0 Å². The molecule has 0 N–H and O–H groups in total. The molecule has 0 radical (unpaired) electrons. The first-order chi connectivity index (χ1) is 8.91. The van der Waals surface area contributed by atoms with Gasteiger partial charge in [-0.25, -0.2) is 22.0 Å².